The number of guanidine groups is 1. The second-order valence-corrected chi connectivity index (χ2v) is 6.73. The standard InChI is InChI=1S/C23H27F2N5O2/c1-3-26-23(27-15-17-8-5-10-19(14-17)30-13-7-12-29-30)28-16-18-9-6-11-20(31-4-2)21(18)32-22(24)25/h5-14,22H,3-4,15-16H2,1-2H3,(H2,26,27,28). The fraction of sp³-hybridized carbons (Fsp3) is 0.304. The number of rotatable bonds is 10. The van der Waals surface area contributed by atoms with Crippen LogP contribution in [-0.4, -0.2) is 35.5 Å². The van der Waals surface area contributed by atoms with Crippen molar-refractivity contribution in [2.24, 2.45) is 4.99 Å². The summed E-state index contributed by atoms with van der Waals surface area (Å²) in [7, 11) is 0. The predicted octanol–water partition coefficient (Wildman–Crippen LogP) is 4.13. The van der Waals surface area contributed by atoms with Crippen molar-refractivity contribution >= 4 is 5.96 Å². The fourth-order valence-corrected chi connectivity index (χ4v) is 3.10. The minimum atomic E-state index is -2.95. The van der Waals surface area contributed by atoms with Crippen LogP contribution in [0.5, 0.6) is 11.5 Å². The van der Waals surface area contributed by atoms with Gasteiger partial charge in [-0.3, -0.25) is 0 Å². The van der Waals surface area contributed by atoms with Crippen molar-refractivity contribution in [3.8, 4) is 17.2 Å². The van der Waals surface area contributed by atoms with Crippen LogP contribution < -0.4 is 20.1 Å². The molecule has 0 spiro atoms. The first kappa shape index (κ1) is 23.1. The number of hydrogen-bond acceptors (Lipinski definition) is 4. The average Bonchev–Trinajstić information content (AvgIpc) is 3.32. The van der Waals surface area contributed by atoms with Crippen molar-refractivity contribution in [1.29, 1.82) is 0 Å². The van der Waals surface area contributed by atoms with Crippen LogP contribution in [-0.2, 0) is 13.1 Å². The van der Waals surface area contributed by atoms with Crippen LogP contribution in [0.1, 0.15) is 25.0 Å². The van der Waals surface area contributed by atoms with Gasteiger partial charge in [0.25, 0.3) is 0 Å². The molecule has 0 bridgehead atoms. The Morgan fingerprint density at radius 1 is 1.12 bits per heavy atom. The first-order chi connectivity index (χ1) is 15.6. The summed E-state index contributed by atoms with van der Waals surface area (Å²) >= 11 is 0. The molecule has 0 saturated carbocycles. The summed E-state index contributed by atoms with van der Waals surface area (Å²) in [5.41, 5.74) is 2.50. The summed E-state index contributed by atoms with van der Waals surface area (Å²) in [4.78, 5) is 4.62. The zero-order valence-electron chi connectivity index (χ0n) is 18.1. The summed E-state index contributed by atoms with van der Waals surface area (Å²) in [5, 5.41) is 10.6. The molecule has 0 amide bonds. The van der Waals surface area contributed by atoms with Crippen LogP contribution in [0.2, 0.25) is 0 Å². The Morgan fingerprint density at radius 2 is 1.97 bits per heavy atom. The number of aromatic nitrogens is 2. The van der Waals surface area contributed by atoms with Crippen molar-refractivity contribution < 1.29 is 18.3 Å². The zero-order valence-corrected chi connectivity index (χ0v) is 18.1. The number of nitrogens with one attached hydrogen (secondary N) is 2. The van der Waals surface area contributed by atoms with Gasteiger partial charge in [0, 0.05) is 31.0 Å². The molecule has 0 fully saturated rings. The van der Waals surface area contributed by atoms with E-state index in [0.29, 0.717) is 31.2 Å². The van der Waals surface area contributed by atoms with E-state index in [0.717, 1.165) is 11.3 Å². The Morgan fingerprint density at radius 3 is 2.69 bits per heavy atom. The number of halogens is 2. The first-order valence-electron chi connectivity index (χ1n) is 10.4. The molecule has 0 atom stereocenters. The third-order valence-electron chi connectivity index (χ3n) is 4.46. The lowest BCUT2D eigenvalue weighted by molar-refractivity contribution is -0.0520. The molecule has 0 radical (unpaired) electrons. The smallest absolute Gasteiger partial charge is 0.387 e. The van der Waals surface area contributed by atoms with Crippen molar-refractivity contribution in [2.75, 3.05) is 13.2 Å². The monoisotopic (exact) mass is 443 g/mol. The Labute approximate surface area is 186 Å². The lowest BCUT2D eigenvalue weighted by atomic mass is 10.2. The normalized spacial score (nSPS) is 11.5. The van der Waals surface area contributed by atoms with Gasteiger partial charge in [-0.25, -0.2) is 9.67 Å². The van der Waals surface area contributed by atoms with E-state index in [4.69, 9.17) is 9.47 Å². The molecular weight excluding hydrogens is 416 g/mol. The number of para-hydroxylation sites is 1. The largest absolute Gasteiger partial charge is 0.490 e. The van der Waals surface area contributed by atoms with Gasteiger partial charge in [0.15, 0.2) is 17.5 Å². The summed E-state index contributed by atoms with van der Waals surface area (Å²) < 4.78 is 37.8. The first-order valence-corrected chi connectivity index (χ1v) is 10.4. The Bertz CT molecular complexity index is 1010. The van der Waals surface area contributed by atoms with Crippen LogP contribution in [0.4, 0.5) is 8.78 Å². The molecule has 0 unspecified atom stereocenters. The van der Waals surface area contributed by atoms with Gasteiger partial charge in [-0.2, -0.15) is 13.9 Å². The highest BCUT2D eigenvalue weighted by atomic mass is 19.3. The summed E-state index contributed by atoms with van der Waals surface area (Å²) in [6.45, 7) is 2.47. The maximum atomic E-state index is 12.9. The summed E-state index contributed by atoms with van der Waals surface area (Å²) in [6, 6.07) is 14.9. The molecule has 9 heteroatoms. The Kier molecular flexibility index (Phi) is 8.42. The van der Waals surface area contributed by atoms with E-state index in [1.807, 2.05) is 43.5 Å². The third-order valence-corrected chi connectivity index (χ3v) is 4.46. The number of ether oxygens (including phenoxy) is 2. The third kappa shape index (κ3) is 6.44. The molecule has 170 valence electrons. The second-order valence-electron chi connectivity index (χ2n) is 6.73. The molecule has 7 nitrogen and oxygen atoms in total. The highest BCUT2D eigenvalue weighted by molar-refractivity contribution is 5.79. The highest BCUT2D eigenvalue weighted by Gasteiger charge is 2.16. The lowest BCUT2D eigenvalue weighted by Crippen LogP contribution is -2.36. The molecule has 0 aliphatic carbocycles. The highest BCUT2D eigenvalue weighted by Crippen LogP contribution is 2.32. The van der Waals surface area contributed by atoms with Crippen LogP contribution in [0.15, 0.2) is 65.9 Å². The lowest BCUT2D eigenvalue weighted by Gasteiger charge is -2.17. The Balaban J connectivity index is 1.73. The fourth-order valence-electron chi connectivity index (χ4n) is 3.10. The maximum absolute atomic E-state index is 12.9. The van der Waals surface area contributed by atoms with Gasteiger partial charge >= 0.3 is 6.61 Å². The molecule has 0 aliphatic rings. The molecular formula is C23H27F2N5O2. The van der Waals surface area contributed by atoms with E-state index in [1.54, 1.807) is 36.0 Å². The van der Waals surface area contributed by atoms with Gasteiger partial charge in [-0.05, 0) is 43.7 Å². The molecule has 0 aliphatic heterocycles. The van der Waals surface area contributed by atoms with Gasteiger partial charge in [0.2, 0.25) is 0 Å². The van der Waals surface area contributed by atoms with Crippen molar-refractivity contribution in [1.82, 2.24) is 20.4 Å². The van der Waals surface area contributed by atoms with Crippen molar-refractivity contribution in [3.05, 3.63) is 72.1 Å². The molecule has 1 aromatic heterocycles. The molecule has 32 heavy (non-hydrogen) atoms. The van der Waals surface area contributed by atoms with E-state index in [1.165, 1.54) is 0 Å². The molecule has 2 N–H and O–H groups in total. The topological polar surface area (TPSA) is 72.7 Å². The van der Waals surface area contributed by atoms with Gasteiger partial charge in [-0.15, -0.1) is 0 Å². The molecule has 3 aromatic rings. The zero-order chi connectivity index (χ0) is 22.8. The molecule has 1 heterocycles. The van der Waals surface area contributed by atoms with Gasteiger partial charge < -0.3 is 20.1 Å². The van der Waals surface area contributed by atoms with Gasteiger partial charge in [0.05, 0.1) is 18.8 Å². The van der Waals surface area contributed by atoms with Crippen LogP contribution in [0, 0.1) is 0 Å². The minimum absolute atomic E-state index is 0.0274. The number of alkyl halides is 2. The van der Waals surface area contributed by atoms with Crippen molar-refractivity contribution in [2.45, 2.75) is 33.5 Å². The second kappa shape index (κ2) is 11.7. The maximum Gasteiger partial charge on any atom is 0.387 e. The number of benzene rings is 2. The molecule has 0 saturated heterocycles. The van der Waals surface area contributed by atoms with Crippen LogP contribution in [0.3, 0.4) is 0 Å². The van der Waals surface area contributed by atoms with Crippen LogP contribution in [0.25, 0.3) is 5.69 Å². The molecule has 2 aromatic carbocycles. The predicted molar refractivity (Wildman–Crippen MR) is 119 cm³/mol. The number of nitrogens with zero attached hydrogens (tertiary/aromatic N) is 3. The van der Waals surface area contributed by atoms with Gasteiger partial charge in [0.1, 0.15) is 0 Å². The SMILES string of the molecule is CCNC(=NCc1cccc(-n2cccn2)c1)NCc1cccc(OCC)c1OC(F)F. The van der Waals surface area contributed by atoms with E-state index >= 15 is 0 Å². The average molecular weight is 443 g/mol. The van der Waals surface area contributed by atoms with Gasteiger partial charge in [-0.1, -0.05) is 24.3 Å². The van der Waals surface area contributed by atoms with E-state index in [-0.39, 0.29) is 18.0 Å². The van der Waals surface area contributed by atoms with Crippen molar-refractivity contribution in [3.63, 3.8) is 0 Å². The summed E-state index contributed by atoms with van der Waals surface area (Å²) in [6.07, 6.45) is 3.61. The van der Waals surface area contributed by atoms with E-state index < -0.39 is 6.61 Å². The molecule has 3 rings (SSSR count). The quantitative estimate of drug-likeness (QED) is 0.364. The Hall–Kier alpha value is -3.62. The van der Waals surface area contributed by atoms with E-state index in [9.17, 15) is 8.78 Å². The minimum Gasteiger partial charge on any atom is -0.490 e. The summed E-state index contributed by atoms with van der Waals surface area (Å²) in [5.74, 6) is 0.867. The number of aliphatic imine (C=N–C) groups is 1. The van der Waals surface area contributed by atoms with Crippen LogP contribution >= 0.6 is 0 Å². The van der Waals surface area contributed by atoms with E-state index in [2.05, 4.69) is 20.7 Å². The number of hydrogen-bond donors (Lipinski definition) is 2.